The molecule has 1 saturated heterocycles. The van der Waals surface area contributed by atoms with Gasteiger partial charge in [0.15, 0.2) is 0 Å². The summed E-state index contributed by atoms with van der Waals surface area (Å²) in [6, 6.07) is 19.8. The molecule has 0 saturated carbocycles. The second-order valence-electron chi connectivity index (χ2n) is 7.24. The summed E-state index contributed by atoms with van der Waals surface area (Å²) in [6.07, 6.45) is 2.92. The van der Waals surface area contributed by atoms with Gasteiger partial charge in [0.1, 0.15) is 5.54 Å². The molecule has 0 bridgehead atoms. The number of ether oxygens (including phenoxy) is 1. The maximum Gasteiger partial charge on any atom is 0.246 e. The third-order valence-corrected chi connectivity index (χ3v) is 5.46. The highest BCUT2D eigenvalue weighted by Gasteiger charge is 2.46. The number of rotatable bonds is 8. The Bertz CT molecular complexity index is 815. The van der Waals surface area contributed by atoms with Crippen molar-refractivity contribution in [3.05, 3.63) is 84.4 Å². The number of nitrogens with one attached hydrogen (secondary N) is 1. The lowest BCUT2D eigenvalue weighted by Crippen LogP contribution is -2.63. The molecule has 1 heterocycles. The van der Waals surface area contributed by atoms with Crippen LogP contribution in [0.5, 0.6) is 0 Å². The quantitative estimate of drug-likeness (QED) is 0.703. The average molecular weight is 392 g/mol. The number of carbonyl (C=O) groups is 2. The minimum absolute atomic E-state index is 0.132. The molecule has 0 unspecified atom stereocenters. The molecule has 1 fully saturated rings. The van der Waals surface area contributed by atoms with Gasteiger partial charge in [0, 0.05) is 39.1 Å². The van der Waals surface area contributed by atoms with E-state index in [-0.39, 0.29) is 11.8 Å². The van der Waals surface area contributed by atoms with Crippen molar-refractivity contribution in [2.45, 2.75) is 31.3 Å². The zero-order chi connectivity index (χ0) is 20.5. The standard InChI is InChI=1S/C24H28N2O3/c1-2-22(27)26(16-13-20-9-5-3-6-10-20)24(14-17-29-18-15-24)23(28)25-19-21-11-7-4-8-12-21/h2-12H,1,13-19H2,(H,25,28). The zero-order valence-corrected chi connectivity index (χ0v) is 16.7. The van der Waals surface area contributed by atoms with Crippen LogP contribution in [0.4, 0.5) is 0 Å². The zero-order valence-electron chi connectivity index (χ0n) is 16.7. The summed E-state index contributed by atoms with van der Waals surface area (Å²) in [4.78, 5) is 27.9. The van der Waals surface area contributed by atoms with Gasteiger partial charge in [-0.25, -0.2) is 0 Å². The summed E-state index contributed by atoms with van der Waals surface area (Å²) in [5.41, 5.74) is 1.22. The Kier molecular flexibility index (Phi) is 7.19. The summed E-state index contributed by atoms with van der Waals surface area (Å²) in [7, 11) is 0. The van der Waals surface area contributed by atoms with E-state index in [4.69, 9.17) is 4.74 Å². The fraction of sp³-hybridized carbons (Fsp3) is 0.333. The van der Waals surface area contributed by atoms with Crippen molar-refractivity contribution in [2.24, 2.45) is 0 Å². The van der Waals surface area contributed by atoms with Crippen LogP contribution in [0.3, 0.4) is 0 Å². The van der Waals surface area contributed by atoms with Crippen molar-refractivity contribution in [2.75, 3.05) is 19.8 Å². The lowest BCUT2D eigenvalue weighted by Gasteiger charge is -2.44. The molecule has 0 aliphatic carbocycles. The van der Waals surface area contributed by atoms with E-state index >= 15 is 0 Å². The van der Waals surface area contributed by atoms with Crippen LogP contribution in [0.25, 0.3) is 0 Å². The third-order valence-electron chi connectivity index (χ3n) is 5.46. The molecule has 0 aromatic heterocycles. The normalized spacial score (nSPS) is 15.3. The molecular weight excluding hydrogens is 364 g/mol. The van der Waals surface area contributed by atoms with Crippen molar-refractivity contribution in [1.82, 2.24) is 10.2 Å². The highest BCUT2D eigenvalue weighted by atomic mass is 16.5. The molecule has 0 atom stereocenters. The lowest BCUT2D eigenvalue weighted by molar-refractivity contribution is -0.151. The van der Waals surface area contributed by atoms with E-state index in [9.17, 15) is 9.59 Å². The highest BCUT2D eigenvalue weighted by molar-refractivity contribution is 5.95. The van der Waals surface area contributed by atoms with Crippen LogP contribution in [-0.4, -0.2) is 42.0 Å². The summed E-state index contributed by atoms with van der Waals surface area (Å²) < 4.78 is 5.52. The fourth-order valence-electron chi connectivity index (χ4n) is 3.80. The predicted octanol–water partition coefficient (Wildman–Crippen LogP) is 3.11. The van der Waals surface area contributed by atoms with E-state index in [0.717, 1.165) is 11.1 Å². The fourth-order valence-corrected chi connectivity index (χ4v) is 3.80. The first-order valence-electron chi connectivity index (χ1n) is 10.0. The summed E-state index contributed by atoms with van der Waals surface area (Å²) in [5.74, 6) is -0.356. The van der Waals surface area contributed by atoms with E-state index in [1.807, 2.05) is 60.7 Å². The molecule has 1 aliphatic heterocycles. The van der Waals surface area contributed by atoms with Gasteiger partial charge in [-0.1, -0.05) is 67.2 Å². The third kappa shape index (κ3) is 5.12. The average Bonchev–Trinajstić information content (AvgIpc) is 2.79. The van der Waals surface area contributed by atoms with Crippen LogP contribution in [0.2, 0.25) is 0 Å². The number of nitrogens with zero attached hydrogens (tertiary/aromatic N) is 1. The SMILES string of the molecule is C=CC(=O)N(CCc1ccccc1)C1(C(=O)NCc2ccccc2)CCOCC1. The topological polar surface area (TPSA) is 58.6 Å². The second-order valence-corrected chi connectivity index (χ2v) is 7.24. The molecule has 152 valence electrons. The predicted molar refractivity (Wildman–Crippen MR) is 113 cm³/mol. The monoisotopic (exact) mass is 392 g/mol. The van der Waals surface area contributed by atoms with Crippen LogP contribution in [-0.2, 0) is 27.3 Å². The van der Waals surface area contributed by atoms with Crippen LogP contribution in [0.15, 0.2) is 73.3 Å². The summed E-state index contributed by atoms with van der Waals surface area (Å²) in [6.45, 7) is 5.44. The summed E-state index contributed by atoms with van der Waals surface area (Å²) in [5, 5.41) is 3.04. The number of hydrogen-bond acceptors (Lipinski definition) is 3. The maximum atomic E-state index is 13.4. The van der Waals surface area contributed by atoms with Gasteiger partial charge >= 0.3 is 0 Å². The molecular formula is C24H28N2O3. The van der Waals surface area contributed by atoms with Gasteiger partial charge in [-0.2, -0.15) is 0 Å². The minimum atomic E-state index is -0.924. The molecule has 0 spiro atoms. The molecule has 5 heteroatoms. The Morgan fingerprint density at radius 3 is 2.17 bits per heavy atom. The van der Waals surface area contributed by atoms with Crippen molar-refractivity contribution >= 4 is 11.8 Å². The molecule has 0 radical (unpaired) electrons. The molecule has 29 heavy (non-hydrogen) atoms. The van der Waals surface area contributed by atoms with Gasteiger partial charge in [0.05, 0.1) is 0 Å². The van der Waals surface area contributed by atoms with Crippen molar-refractivity contribution in [3.63, 3.8) is 0 Å². The molecule has 2 amide bonds. The van der Waals surface area contributed by atoms with Crippen LogP contribution in [0, 0.1) is 0 Å². The lowest BCUT2D eigenvalue weighted by atomic mass is 9.86. The first kappa shape index (κ1) is 20.8. The van der Waals surface area contributed by atoms with E-state index < -0.39 is 5.54 Å². The smallest absolute Gasteiger partial charge is 0.246 e. The summed E-state index contributed by atoms with van der Waals surface area (Å²) >= 11 is 0. The number of amides is 2. The molecule has 2 aromatic carbocycles. The Hall–Kier alpha value is -2.92. The Labute approximate surface area is 172 Å². The van der Waals surface area contributed by atoms with Crippen LogP contribution < -0.4 is 5.32 Å². The van der Waals surface area contributed by atoms with Crippen molar-refractivity contribution < 1.29 is 14.3 Å². The first-order valence-corrected chi connectivity index (χ1v) is 10.0. The van der Waals surface area contributed by atoms with Gasteiger partial charge in [-0.05, 0) is 23.6 Å². The Balaban J connectivity index is 1.80. The number of carbonyl (C=O) groups excluding carboxylic acids is 2. The van der Waals surface area contributed by atoms with Gasteiger partial charge in [-0.3, -0.25) is 9.59 Å². The van der Waals surface area contributed by atoms with Gasteiger partial charge in [-0.15, -0.1) is 0 Å². The second kappa shape index (κ2) is 10.0. The van der Waals surface area contributed by atoms with Crippen molar-refractivity contribution in [1.29, 1.82) is 0 Å². The van der Waals surface area contributed by atoms with E-state index in [0.29, 0.717) is 45.6 Å². The van der Waals surface area contributed by atoms with Gasteiger partial charge in [0.25, 0.3) is 0 Å². The molecule has 1 N–H and O–H groups in total. The van der Waals surface area contributed by atoms with E-state index in [1.165, 1.54) is 6.08 Å². The highest BCUT2D eigenvalue weighted by Crippen LogP contribution is 2.29. The van der Waals surface area contributed by atoms with Crippen LogP contribution in [0.1, 0.15) is 24.0 Å². The maximum absolute atomic E-state index is 13.4. The van der Waals surface area contributed by atoms with Gasteiger partial charge in [0.2, 0.25) is 11.8 Å². The molecule has 2 aromatic rings. The molecule has 5 nitrogen and oxygen atoms in total. The van der Waals surface area contributed by atoms with Crippen molar-refractivity contribution in [3.8, 4) is 0 Å². The largest absolute Gasteiger partial charge is 0.381 e. The Morgan fingerprint density at radius 2 is 1.59 bits per heavy atom. The molecule has 3 rings (SSSR count). The Morgan fingerprint density at radius 1 is 1.00 bits per heavy atom. The number of benzene rings is 2. The van der Waals surface area contributed by atoms with E-state index in [2.05, 4.69) is 11.9 Å². The first-order chi connectivity index (χ1) is 14.2. The van der Waals surface area contributed by atoms with E-state index in [1.54, 1.807) is 4.90 Å². The minimum Gasteiger partial charge on any atom is -0.381 e. The van der Waals surface area contributed by atoms with Crippen LogP contribution >= 0.6 is 0 Å². The van der Waals surface area contributed by atoms with Gasteiger partial charge < -0.3 is 15.0 Å². The molecule has 1 aliphatic rings. The number of hydrogen-bond donors (Lipinski definition) is 1.